The van der Waals surface area contributed by atoms with Crippen molar-refractivity contribution in [3.8, 4) is 23.0 Å². The Morgan fingerprint density at radius 1 is 0.821 bits per heavy atom. The van der Waals surface area contributed by atoms with E-state index in [0.717, 1.165) is 35.1 Å². The topological polar surface area (TPSA) is 12.4 Å². The molecule has 1 nitrogen and oxygen atoms in total. The summed E-state index contributed by atoms with van der Waals surface area (Å²) in [5.41, 5.74) is 5.64. The third-order valence-corrected chi connectivity index (χ3v) is 4.90. The van der Waals surface area contributed by atoms with Gasteiger partial charge in [-0.25, -0.2) is 0 Å². The number of aliphatic imine (C=N–C) groups is 1. The third-order valence-electron chi connectivity index (χ3n) is 4.24. The maximum absolute atomic E-state index is 6.26. The number of hydrogen-bond acceptors (Lipinski definition) is 2. The van der Waals surface area contributed by atoms with Crippen LogP contribution in [0.3, 0.4) is 0 Å². The van der Waals surface area contributed by atoms with Gasteiger partial charge in [-0.1, -0.05) is 72.7 Å². The van der Waals surface area contributed by atoms with Crippen LogP contribution in [0.15, 0.2) is 65.7 Å². The lowest BCUT2D eigenvalue weighted by Gasteiger charge is -2.06. The van der Waals surface area contributed by atoms with Crippen molar-refractivity contribution in [2.24, 2.45) is 4.99 Å². The number of aryl methyl sites for hydroxylation is 1. The van der Waals surface area contributed by atoms with Gasteiger partial charge in [-0.15, -0.1) is 0 Å². The van der Waals surface area contributed by atoms with Crippen molar-refractivity contribution < 1.29 is 0 Å². The monoisotopic (exact) mass is 421 g/mol. The first kappa shape index (κ1) is 20.3. The lowest BCUT2D eigenvalue weighted by Crippen LogP contribution is -1.83. The van der Waals surface area contributed by atoms with Crippen molar-refractivity contribution >= 4 is 46.3 Å². The number of isothiocyanates is 1. The molecular formula is C24H17Cl2NS. The molecule has 0 aromatic heterocycles. The Labute approximate surface area is 181 Å². The highest BCUT2D eigenvalue weighted by Gasteiger charge is 2.08. The van der Waals surface area contributed by atoms with Gasteiger partial charge in [0.05, 0.1) is 15.2 Å². The second-order valence-corrected chi connectivity index (χ2v) is 7.26. The lowest BCUT2D eigenvalue weighted by atomic mass is 10.0. The van der Waals surface area contributed by atoms with Crippen LogP contribution in [0.4, 0.5) is 5.69 Å². The maximum Gasteiger partial charge on any atom is 0.111 e. The summed E-state index contributed by atoms with van der Waals surface area (Å²) in [6.07, 6.45) is 2.25. The predicted octanol–water partition coefficient (Wildman–Crippen LogP) is 7.75. The van der Waals surface area contributed by atoms with Gasteiger partial charge in [0.1, 0.15) is 5.69 Å². The largest absolute Gasteiger partial charge is 0.192 e. The van der Waals surface area contributed by atoms with Crippen LogP contribution in [0.5, 0.6) is 0 Å². The molecule has 4 heteroatoms. The fraction of sp³-hybridized carbons (Fsp3) is 0.125. The first-order chi connectivity index (χ1) is 13.6. The summed E-state index contributed by atoms with van der Waals surface area (Å²) in [4.78, 5) is 3.91. The van der Waals surface area contributed by atoms with E-state index < -0.39 is 0 Å². The zero-order chi connectivity index (χ0) is 19.9. The van der Waals surface area contributed by atoms with E-state index in [9.17, 15) is 0 Å². The second-order valence-electron chi connectivity index (χ2n) is 6.27. The third kappa shape index (κ3) is 5.10. The van der Waals surface area contributed by atoms with Gasteiger partial charge in [0.2, 0.25) is 0 Å². The molecule has 0 unspecified atom stereocenters. The Morgan fingerprint density at radius 2 is 1.36 bits per heavy atom. The van der Waals surface area contributed by atoms with Crippen LogP contribution >= 0.6 is 35.4 Å². The number of benzene rings is 3. The molecule has 0 heterocycles. The predicted molar refractivity (Wildman–Crippen MR) is 123 cm³/mol. The van der Waals surface area contributed by atoms with Gasteiger partial charge in [-0.2, -0.15) is 4.99 Å². The van der Waals surface area contributed by atoms with Crippen LogP contribution in [0, 0.1) is 11.8 Å². The van der Waals surface area contributed by atoms with E-state index in [1.165, 1.54) is 5.56 Å². The van der Waals surface area contributed by atoms with Gasteiger partial charge in [0, 0.05) is 11.1 Å². The van der Waals surface area contributed by atoms with E-state index in [-0.39, 0.29) is 0 Å². The number of hydrogen-bond donors (Lipinski definition) is 0. The number of halogens is 2. The van der Waals surface area contributed by atoms with E-state index >= 15 is 0 Å². The molecule has 0 fully saturated rings. The Bertz CT molecular complexity index is 1060. The highest BCUT2D eigenvalue weighted by atomic mass is 35.5. The minimum atomic E-state index is 0.439. The molecule has 3 aromatic rings. The van der Waals surface area contributed by atoms with Crippen molar-refractivity contribution in [2.75, 3.05) is 0 Å². The molecule has 3 aromatic carbocycles. The highest BCUT2D eigenvalue weighted by Crippen LogP contribution is 2.37. The number of thiocarbonyl (C=S) groups is 1. The molecule has 0 radical (unpaired) electrons. The van der Waals surface area contributed by atoms with E-state index in [4.69, 9.17) is 23.2 Å². The summed E-state index contributed by atoms with van der Waals surface area (Å²) < 4.78 is 0. The SMILES string of the molecule is CCCc1ccc(C#Cc2ccc(-c3cc(Cl)c(N=C=S)c(Cl)c3)cc2)cc1. The summed E-state index contributed by atoms with van der Waals surface area (Å²) >= 11 is 17.1. The quantitative estimate of drug-likeness (QED) is 0.238. The molecule has 0 saturated carbocycles. The zero-order valence-electron chi connectivity index (χ0n) is 15.3. The van der Waals surface area contributed by atoms with E-state index in [1.54, 1.807) is 0 Å². The number of rotatable bonds is 4. The smallest absolute Gasteiger partial charge is 0.111 e. The van der Waals surface area contributed by atoms with Crippen LogP contribution < -0.4 is 0 Å². The Kier molecular flexibility index (Phi) is 7.04. The molecule has 0 spiro atoms. The van der Waals surface area contributed by atoms with Crippen molar-refractivity contribution in [2.45, 2.75) is 19.8 Å². The molecule has 28 heavy (non-hydrogen) atoms. The minimum Gasteiger partial charge on any atom is -0.192 e. The van der Waals surface area contributed by atoms with Gasteiger partial charge in [-0.3, -0.25) is 0 Å². The van der Waals surface area contributed by atoms with E-state index in [0.29, 0.717) is 15.7 Å². The normalized spacial score (nSPS) is 9.96. The Morgan fingerprint density at radius 3 is 1.86 bits per heavy atom. The van der Waals surface area contributed by atoms with Crippen LogP contribution in [-0.4, -0.2) is 5.16 Å². The van der Waals surface area contributed by atoms with Crippen molar-refractivity contribution in [1.82, 2.24) is 0 Å². The summed E-state index contributed by atoms with van der Waals surface area (Å²) in [6.45, 7) is 2.18. The average Bonchev–Trinajstić information content (AvgIpc) is 2.71. The van der Waals surface area contributed by atoms with Crippen molar-refractivity contribution in [3.63, 3.8) is 0 Å². The lowest BCUT2D eigenvalue weighted by molar-refractivity contribution is 0.922. The van der Waals surface area contributed by atoms with Crippen LogP contribution in [0.1, 0.15) is 30.0 Å². The van der Waals surface area contributed by atoms with Gasteiger partial charge in [0.15, 0.2) is 0 Å². The minimum absolute atomic E-state index is 0.439. The molecule has 0 amide bonds. The first-order valence-electron chi connectivity index (χ1n) is 8.89. The van der Waals surface area contributed by atoms with Crippen LogP contribution in [0.2, 0.25) is 10.0 Å². The van der Waals surface area contributed by atoms with Gasteiger partial charge in [-0.05, 0) is 71.7 Å². The molecule has 138 valence electrons. The van der Waals surface area contributed by atoms with Crippen molar-refractivity contribution in [3.05, 3.63) is 87.4 Å². The molecule has 0 aliphatic heterocycles. The van der Waals surface area contributed by atoms with Gasteiger partial charge in [0.25, 0.3) is 0 Å². The van der Waals surface area contributed by atoms with Gasteiger partial charge < -0.3 is 0 Å². The van der Waals surface area contributed by atoms with Gasteiger partial charge >= 0.3 is 0 Å². The molecule has 0 N–H and O–H groups in total. The number of nitrogens with zero attached hydrogens (tertiary/aromatic N) is 1. The fourth-order valence-corrected chi connectivity index (χ4v) is 3.48. The second kappa shape index (κ2) is 9.69. The molecule has 3 rings (SSSR count). The molecular weight excluding hydrogens is 405 g/mol. The first-order valence-corrected chi connectivity index (χ1v) is 10.1. The maximum atomic E-state index is 6.26. The summed E-state index contributed by atoms with van der Waals surface area (Å²) in [5, 5.41) is 3.17. The summed E-state index contributed by atoms with van der Waals surface area (Å²) in [7, 11) is 0. The average molecular weight is 422 g/mol. The zero-order valence-corrected chi connectivity index (χ0v) is 17.6. The van der Waals surface area contributed by atoms with E-state index in [2.05, 4.69) is 65.4 Å². The van der Waals surface area contributed by atoms with E-state index in [1.807, 2.05) is 36.4 Å². The Balaban J connectivity index is 1.80. The summed E-state index contributed by atoms with van der Waals surface area (Å²) in [6, 6.07) is 20.0. The molecule has 0 aliphatic carbocycles. The molecule has 0 bridgehead atoms. The molecule has 0 saturated heterocycles. The van der Waals surface area contributed by atoms with Crippen molar-refractivity contribution in [1.29, 1.82) is 0 Å². The van der Waals surface area contributed by atoms with Crippen LogP contribution in [0.25, 0.3) is 11.1 Å². The highest BCUT2D eigenvalue weighted by molar-refractivity contribution is 7.78. The fourth-order valence-electron chi connectivity index (χ4n) is 2.82. The standard InChI is InChI=1S/C24H17Cl2NS/c1-2-3-17-4-6-18(7-5-17)8-9-19-10-12-20(13-11-19)21-14-22(25)24(27-16-28)23(26)15-21/h4-7,10-15H,2-3H2,1H3. The Hall–Kier alpha value is -2.40. The molecule has 0 atom stereocenters. The van der Waals surface area contributed by atoms with Crippen LogP contribution in [-0.2, 0) is 6.42 Å². The molecule has 0 aliphatic rings. The summed E-state index contributed by atoms with van der Waals surface area (Å²) in [5.74, 6) is 6.41.